The van der Waals surface area contributed by atoms with E-state index >= 15 is 0 Å². The average Bonchev–Trinajstić information content (AvgIpc) is 3.18. The Bertz CT molecular complexity index is 720. The van der Waals surface area contributed by atoms with E-state index in [0.717, 1.165) is 9.75 Å². The Labute approximate surface area is 143 Å². The van der Waals surface area contributed by atoms with Crippen molar-refractivity contribution in [1.82, 2.24) is 0 Å². The monoisotopic (exact) mass is 374 g/mol. The highest BCUT2D eigenvalue weighted by atomic mass is 35.5. The number of hydrogen-bond acceptors (Lipinski definition) is 5. The molecule has 0 saturated heterocycles. The van der Waals surface area contributed by atoms with Gasteiger partial charge in [0.2, 0.25) is 5.24 Å². The Morgan fingerprint density at radius 2 is 2.00 bits per heavy atom. The summed E-state index contributed by atoms with van der Waals surface area (Å²) in [6.45, 7) is 0. The molecule has 2 nitrogen and oxygen atoms in total. The largest absolute Gasteiger partial charge is 0.279 e. The molecular formula is C14H8Cl2O2S3. The molecule has 3 heterocycles. The van der Waals surface area contributed by atoms with Gasteiger partial charge in [-0.1, -0.05) is 18.2 Å². The van der Waals surface area contributed by atoms with Crippen LogP contribution in [0.3, 0.4) is 0 Å². The maximum atomic E-state index is 12.0. The first kappa shape index (κ1) is 15.3. The summed E-state index contributed by atoms with van der Waals surface area (Å²) in [4.78, 5) is 25.6. The molecule has 0 fully saturated rings. The lowest BCUT2D eigenvalue weighted by atomic mass is 10.1. The van der Waals surface area contributed by atoms with Gasteiger partial charge in [-0.25, -0.2) is 0 Å². The van der Waals surface area contributed by atoms with E-state index in [1.807, 2.05) is 35.7 Å². The van der Waals surface area contributed by atoms with E-state index < -0.39 is 15.2 Å². The minimum Gasteiger partial charge on any atom is -0.279 e. The third-order valence-corrected chi connectivity index (χ3v) is 7.85. The van der Waals surface area contributed by atoms with Crippen molar-refractivity contribution in [2.24, 2.45) is 0 Å². The van der Waals surface area contributed by atoms with E-state index in [9.17, 15) is 9.59 Å². The summed E-state index contributed by atoms with van der Waals surface area (Å²) in [6, 6.07) is 7.38. The molecule has 2 aromatic rings. The molecule has 0 aromatic carbocycles. The summed E-state index contributed by atoms with van der Waals surface area (Å²) in [5, 5.41) is 1.05. The van der Waals surface area contributed by atoms with Gasteiger partial charge in [0.05, 0.1) is 10.1 Å². The molecule has 0 bridgehead atoms. The van der Waals surface area contributed by atoms with Crippen molar-refractivity contribution in [3.05, 3.63) is 56.4 Å². The van der Waals surface area contributed by atoms with Crippen LogP contribution in [0.15, 0.2) is 41.8 Å². The Kier molecular flexibility index (Phi) is 4.30. The second kappa shape index (κ2) is 5.89. The maximum Gasteiger partial charge on any atom is 0.262 e. The molecule has 1 aliphatic rings. The summed E-state index contributed by atoms with van der Waals surface area (Å²) in [7, 11) is 0. The number of carbonyl (C=O) groups is 2. The Balaban J connectivity index is 1.91. The van der Waals surface area contributed by atoms with E-state index in [1.165, 1.54) is 34.4 Å². The third-order valence-electron chi connectivity index (χ3n) is 3.10. The van der Waals surface area contributed by atoms with Crippen LogP contribution < -0.4 is 0 Å². The topological polar surface area (TPSA) is 34.1 Å². The van der Waals surface area contributed by atoms with Crippen molar-refractivity contribution in [3.63, 3.8) is 0 Å². The summed E-state index contributed by atoms with van der Waals surface area (Å²) in [5.41, 5.74) is 0. The van der Waals surface area contributed by atoms with Crippen LogP contribution in [-0.4, -0.2) is 10.5 Å². The van der Waals surface area contributed by atoms with Gasteiger partial charge in [-0.05, 0) is 46.8 Å². The average molecular weight is 375 g/mol. The molecule has 2 unspecified atom stereocenters. The molecule has 3 rings (SSSR count). The second-order valence-corrected chi connectivity index (χ2v) is 8.50. The first-order valence-corrected chi connectivity index (χ1v) is 9.27. The summed E-state index contributed by atoms with van der Waals surface area (Å²) in [6.07, 6.45) is 3.81. The lowest BCUT2D eigenvalue weighted by Gasteiger charge is -2.22. The van der Waals surface area contributed by atoms with Crippen LogP contribution in [0.1, 0.15) is 24.7 Å². The smallest absolute Gasteiger partial charge is 0.262 e. The SMILES string of the molecule is O=C(Cl)c1ccc(C2C=CC(C(=O)Cl)(c3cccs3)S2)s1. The molecule has 2 atom stereocenters. The molecule has 21 heavy (non-hydrogen) atoms. The van der Waals surface area contributed by atoms with Crippen LogP contribution in [0.2, 0.25) is 0 Å². The van der Waals surface area contributed by atoms with Crippen molar-refractivity contribution in [2.45, 2.75) is 10.00 Å². The van der Waals surface area contributed by atoms with E-state index in [2.05, 4.69) is 0 Å². The van der Waals surface area contributed by atoms with E-state index in [4.69, 9.17) is 23.2 Å². The zero-order valence-corrected chi connectivity index (χ0v) is 14.4. The summed E-state index contributed by atoms with van der Waals surface area (Å²) < 4.78 is -0.838. The van der Waals surface area contributed by atoms with Crippen molar-refractivity contribution >= 4 is 68.1 Å². The maximum absolute atomic E-state index is 12.0. The van der Waals surface area contributed by atoms with Crippen LogP contribution in [0.25, 0.3) is 0 Å². The fourth-order valence-electron chi connectivity index (χ4n) is 2.10. The van der Waals surface area contributed by atoms with Crippen LogP contribution in [0.4, 0.5) is 0 Å². The van der Waals surface area contributed by atoms with Crippen LogP contribution in [0.5, 0.6) is 0 Å². The first-order valence-electron chi connectivity index (χ1n) is 5.93. The van der Waals surface area contributed by atoms with Gasteiger partial charge in [0.1, 0.15) is 4.75 Å². The Hall–Kier alpha value is -0.590. The third kappa shape index (κ3) is 2.73. The first-order chi connectivity index (χ1) is 10.0. The zero-order valence-electron chi connectivity index (χ0n) is 10.4. The number of hydrogen-bond donors (Lipinski definition) is 0. The van der Waals surface area contributed by atoms with Gasteiger partial charge in [0.25, 0.3) is 5.24 Å². The normalized spacial score (nSPS) is 24.4. The van der Waals surface area contributed by atoms with Crippen molar-refractivity contribution in [2.75, 3.05) is 0 Å². The minimum atomic E-state index is -0.838. The van der Waals surface area contributed by atoms with Gasteiger partial charge in [-0.3, -0.25) is 9.59 Å². The molecular weight excluding hydrogens is 367 g/mol. The molecule has 7 heteroatoms. The van der Waals surface area contributed by atoms with Gasteiger partial charge in [-0.2, -0.15) is 0 Å². The quantitative estimate of drug-likeness (QED) is 0.545. The molecule has 0 saturated carbocycles. The van der Waals surface area contributed by atoms with E-state index in [0.29, 0.717) is 4.88 Å². The standard InChI is InChI=1S/C14H8Cl2O2S3/c15-12(17)10-4-3-8(20-10)9-5-6-14(21-9,13(16)18)11-2-1-7-19-11/h1-7,9H. The fraction of sp³-hybridized carbons (Fsp3) is 0.143. The lowest BCUT2D eigenvalue weighted by molar-refractivity contribution is -0.112. The zero-order chi connectivity index (χ0) is 15.0. The van der Waals surface area contributed by atoms with Gasteiger partial charge < -0.3 is 0 Å². The highest BCUT2D eigenvalue weighted by molar-refractivity contribution is 8.02. The number of thioether (sulfide) groups is 1. The fourth-order valence-corrected chi connectivity index (χ4v) is 6.00. The van der Waals surface area contributed by atoms with Crippen molar-refractivity contribution in [1.29, 1.82) is 0 Å². The van der Waals surface area contributed by atoms with Gasteiger partial charge >= 0.3 is 0 Å². The molecule has 2 aromatic heterocycles. The number of rotatable bonds is 4. The number of carbonyl (C=O) groups excluding carboxylic acids is 2. The molecule has 0 N–H and O–H groups in total. The van der Waals surface area contributed by atoms with Crippen LogP contribution in [0, 0.1) is 0 Å². The minimum absolute atomic E-state index is 0.00966. The molecule has 108 valence electrons. The predicted octanol–water partition coefficient (Wildman–Crippen LogP) is 5.19. The molecule has 0 spiro atoms. The highest BCUT2D eigenvalue weighted by Crippen LogP contribution is 2.55. The van der Waals surface area contributed by atoms with E-state index in [-0.39, 0.29) is 5.25 Å². The van der Waals surface area contributed by atoms with Crippen LogP contribution in [-0.2, 0) is 9.54 Å². The van der Waals surface area contributed by atoms with Crippen molar-refractivity contribution in [3.8, 4) is 0 Å². The molecule has 0 amide bonds. The highest BCUT2D eigenvalue weighted by Gasteiger charge is 2.44. The summed E-state index contributed by atoms with van der Waals surface area (Å²) in [5.74, 6) is 0. The lowest BCUT2D eigenvalue weighted by Crippen LogP contribution is -2.23. The van der Waals surface area contributed by atoms with Gasteiger partial charge in [0, 0.05) is 9.75 Å². The van der Waals surface area contributed by atoms with E-state index in [1.54, 1.807) is 6.07 Å². The van der Waals surface area contributed by atoms with Gasteiger partial charge in [0.15, 0.2) is 0 Å². The van der Waals surface area contributed by atoms with Gasteiger partial charge in [-0.15, -0.1) is 34.4 Å². The second-order valence-electron chi connectivity index (χ2n) is 4.36. The van der Waals surface area contributed by atoms with Crippen LogP contribution >= 0.6 is 57.6 Å². The van der Waals surface area contributed by atoms with Crippen molar-refractivity contribution < 1.29 is 9.59 Å². The summed E-state index contributed by atoms with van der Waals surface area (Å²) >= 11 is 15.7. The predicted molar refractivity (Wildman–Crippen MR) is 90.8 cm³/mol. The number of halogens is 2. The Morgan fingerprint density at radius 1 is 1.19 bits per heavy atom. The molecule has 1 aliphatic heterocycles. The molecule has 0 aliphatic carbocycles. The number of thiophene rings is 2. The Morgan fingerprint density at radius 3 is 2.57 bits per heavy atom. The molecule has 0 radical (unpaired) electrons.